The number of nitrogens with one attached hydrogen (secondary N) is 1. The first kappa shape index (κ1) is 26.2. The van der Waals surface area contributed by atoms with E-state index in [1.165, 1.54) is 6.07 Å². The van der Waals surface area contributed by atoms with E-state index in [-0.39, 0.29) is 16.5 Å². The zero-order valence-corrected chi connectivity index (χ0v) is 19.0. The van der Waals surface area contributed by atoms with E-state index in [2.05, 4.69) is 15.5 Å². The number of non-ortho nitro benzene ring substituents is 1. The van der Waals surface area contributed by atoms with Crippen molar-refractivity contribution in [3.05, 3.63) is 56.6 Å². The highest BCUT2D eigenvalue weighted by Crippen LogP contribution is 2.43. The molecule has 0 amide bonds. The molecule has 3 aromatic rings. The predicted octanol–water partition coefficient (Wildman–Crippen LogP) is 2.99. The Morgan fingerprint density at radius 2 is 1.44 bits per heavy atom. The Balaban J connectivity index is 2.19. The maximum absolute atomic E-state index is 12.0. The molecule has 36 heavy (non-hydrogen) atoms. The topological polar surface area (TPSA) is 272 Å². The Bertz CT molecular complexity index is 1670. The van der Waals surface area contributed by atoms with Crippen LogP contribution in [0.15, 0.2) is 51.5 Å². The van der Waals surface area contributed by atoms with Crippen LogP contribution >= 0.6 is 0 Å². The van der Waals surface area contributed by atoms with E-state index in [9.17, 15) is 51.8 Å². The van der Waals surface area contributed by atoms with E-state index in [4.69, 9.17) is 4.55 Å². The fourth-order valence-electron chi connectivity index (χ4n) is 2.96. The number of rotatable bonds is 8. The lowest BCUT2D eigenvalue weighted by molar-refractivity contribution is -0.394. The maximum atomic E-state index is 12.0. The SMILES string of the molecule is O=[N+]([O-])c1cc(N=Nc2cc(S(=O)(=O)O)c3cc(NCS(=O)(=O)O)ccc3c2O)c(O)c([N+](=O)[O-])c1. The van der Waals surface area contributed by atoms with Gasteiger partial charge in [0.05, 0.1) is 15.9 Å². The average molecular weight is 543 g/mol. The van der Waals surface area contributed by atoms with Gasteiger partial charge in [-0.2, -0.15) is 16.8 Å². The molecule has 0 saturated heterocycles. The standard InChI is InChI=1S/C17H13N5O12S2/c23-16-10-2-1-8(18-7-35(29,30)31)3-11(10)15(36(32,33)34)6-13(16)20-19-12-4-9(21(25)26)5-14(17(12)24)22(27)28/h1-6,18,23-24H,7H2,(H,29,30,31)(H,32,33,34). The molecule has 0 radical (unpaired) electrons. The van der Waals surface area contributed by atoms with Crippen LogP contribution in [0.25, 0.3) is 10.8 Å². The maximum Gasteiger partial charge on any atom is 0.319 e. The lowest BCUT2D eigenvalue weighted by atomic mass is 10.1. The number of nitrogens with zero attached hydrogens (tertiary/aromatic N) is 4. The highest BCUT2D eigenvalue weighted by molar-refractivity contribution is 7.86. The van der Waals surface area contributed by atoms with E-state index in [0.717, 1.165) is 12.1 Å². The van der Waals surface area contributed by atoms with Gasteiger partial charge in [0.2, 0.25) is 5.75 Å². The van der Waals surface area contributed by atoms with Gasteiger partial charge >= 0.3 is 5.69 Å². The van der Waals surface area contributed by atoms with Gasteiger partial charge in [-0.3, -0.25) is 29.3 Å². The van der Waals surface area contributed by atoms with Crippen molar-refractivity contribution in [2.75, 3.05) is 11.2 Å². The molecule has 0 heterocycles. The van der Waals surface area contributed by atoms with E-state index in [0.29, 0.717) is 18.2 Å². The number of benzene rings is 3. The monoisotopic (exact) mass is 543 g/mol. The zero-order valence-electron chi connectivity index (χ0n) is 17.3. The molecule has 0 aliphatic carbocycles. The van der Waals surface area contributed by atoms with Crippen LogP contribution in [-0.4, -0.2) is 51.9 Å². The minimum Gasteiger partial charge on any atom is -0.505 e. The molecule has 0 bridgehead atoms. The first-order valence-electron chi connectivity index (χ1n) is 9.12. The normalized spacial score (nSPS) is 12.2. The fourth-order valence-corrected chi connectivity index (χ4v) is 4.01. The largest absolute Gasteiger partial charge is 0.505 e. The van der Waals surface area contributed by atoms with Crippen LogP contribution in [0, 0.1) is 20.2 Å². The number of nitro benzene ring substituents is 2. The third-order valence-corrected chi connectivity index (χ3v) is 5.92. The summed E-state index contributed by atoms with van der Waals surface area (Å²) in [5.41, 5.74) is -3.28. The Morgan fingerprint density at radius 1 is 0.833 bits per heavy atom. The van der Waals surface area contributed by atoms with Crippen molar-refractivity contribution in [2.24, 2.45) is 10.2 Å². The third-order valence-electron chi connectivity index (χ3n) is 4.51. The number of phenols is 2. The number of nitro groups is 2. The van der Waals surface area contributed by atoms with Gasteiger partial charge in [0.15, 0.2) is 5.75 Å². The highest BCUT2D eigenvalue weighted by atomic mass is 32.2. The van der Waals surface area contributed by atoms with Crippen LogP contribution in [-0.2, 0) is 20.2 Å². The zero-order chi connectivity index (χ0) is 27.0. The van der Waals surface area contributed by atoms with Gasteiger partial charge in [0.1, 0.15) is 22.1 Å². The molecule has 19 heteroatoms. The summed E-state index contributed by atoms with van der Waals surface area (Å²) >= 11 is 0. The van der Waals surface area contributed by atoms with Crippen molar-refractivity contribution < 1.29 is 46.0 Å². The second-order valence-electron chi connectivity index (χ2n) is 6.93. The van der Waals surface area contributed by atoms with Crippen LogP contribution in [0.3, 0.4) is 0 Å². The molecule has 0 aliphatic heterocycles. The summed E-state index contributed by atoms with van der Waals surface area (Å²) in [7, 11) is -9.44. The number of anilines is 1. The summed E-state index contributed by atoms with van der Waals surface area (Å²) in [4.78, 5) is 19.2. The molecule has 3 rings (SSSR count). The van der Waals surface area contributed by atoms with Gasteiger partial charge < -0.3 is 15.5 Å². The summed E-state index contributed by atoms with van der Waals surface area (Å²) in [5, 5.41) is 51.4. The Hall–Kier alpha value is -4.46. The number of aromatic hydroxyl groups is 2. The van der Waals surface area contributed by atoms with Crippen molar-refractivity contribution in [3.8, 4) is 11.5 Å². The first-order valence-corrected chi connectivity index (χ1v) is 12.2. The van der Waals surface area contributed by atoms with Crippen molar-refractivity contribution in [1.82, 2.24) is 0 Å². The predicted molar refractivity (Wildman–Crippen MR) is 121 cm³/mol. The Kier molecular flexibility index (Phi) is 6.75. The van der Waals surface area contributed by atoms with Gasteiger partial charge in [-0.05, 0) is 24.3 Å². The second-order valence-corrected chi connectivity index (χ2v) is 9.77. The molecular weight excluding hydrogens is 530 g/mol. The van der Waals surface area contributed by atoms with Crippen molar-refractivity contribution >= 4 is 59.4 Å². The lowest BCUT2D eigenvalue weighted by Crippen LogP contribution is -2.12. The van der Waals surface area contributed by atoms with Crippen LogP contribution in [0.2, 0.25) is 0 Å². The number of phenolic OH excluding ortho intramolecular Hbond substituents is 2. The average Bonchev–Trinajstić information content (AvgIpc) is 2.76. The minimum atomic E-state index is -4.99. The van der Waals surface area contributed by atoms with Gasteiger partial charge in [0.25, 0.3) is 25.9 Å². The van der Waals surface area contributed by atoms with E-state index in [1.54, 1.807) is 0 Å². The quantitative estimate of drug-likeness (QED) is 0.118. The van der Waals surface area contributed by atoms with Gasteiger partial charge in [-0.1, -0.05) is 0 Å². The van der Waals surface area contributed by atoms with Crippen LogP contribution in [0.5, 0.6) is 11.5 Å². The van der Waals surface area contributed by atoms with Crippen molar-refractivity contribution in [2.45, 2.75) is 4.90 Å². The molecule has 0 fully saturated rings. The molecule has 3 aromatic carbocycles. The molecule has 0 aromatic heterocycles. The van der Waals surface area contributed by atoms with Gasteiger partial charge in [-0.15, -0.1) is 10.2 Å². The summed E-state index contributed by atoms with van der Waals surface area (Å²) in [6.07, 6.45) is 0. The summed E-state index contributed by atoms with van der Waals surface area (Å²) in [5.74, 6) is -2.75. The van der Waals surface area contributed by atoms with Gasteiger partial charge in [-0.25, -0.2) is 0 Å². The smallest absolute Gasteiger partial charge is 0.319 e. The third kappa shape index (κ3) is 5.60. The highest BCUT2D eigenvalue weighted by Gasteiger charge is 2.25. The Morgan fingerprint density at radius 3 is 1.97 bits per heavy atom. The number of fused-ring (bicyclic) bond motifs is 1. The molecule has 0 unspecified atom stereocenters. The molecule has 5 N–H and O–H groups in total. The van der Waals surface area contributed by atoms with Crippen molar-refractivity contribution in [3.63, 3.8) is 0 Å². The fraction of sp³-hybridized carbons (Fsp3) is 0.0588. The molecule has 0 aliphatic rings. The second kappa shape index (κ2) is 9.30. The van der Waals surface area contributed by atoms with E-state index < -0.39 is 75.1 Å². The van der Waals surface area contributed by atoms with Crippen LogP contribution in [0.1, 0.15) is 0 Å². The molecular formula is C17H13N5O12S2. The van der Waals surface area contributed by atoms with Crippen LogP contribution in [0.4, 0.5) is 28.4 Å². The first-order chi connectivity index (χ1) is 16.6. The number of hydrogen-bond acceptors (Lipinski definition) is 13. The van der Waals surface area contributed by atoms with Crippen molar-refractivity contribution in [1.29, 1.82) is 0 Å². The minimum absolute atomic E-state index is 0.0207. The van der Waals surface area contributed by atoms with Crippen LogP contribution < -0.4 is 5.32 Å². The lowest BCUT2D eigenvalue weighted by Gasteiger charge is -2.11. The summed E-state index contributed by atoms with van der Waals surface area (Å²) in [6.45, 7) is 0. The summed E-state index contributed by atoms with van der Waals surface area (Å²) < 4.78 is 64.3. The van der Waals surface area contributed by atoms with Gasteiger partial charge in [0, 0.05) is 22.5 Å². The number of azo groups is 1. The van der Waals surface area contributed by atoms with E-state index in [1.807, 2.05) is 0 Å². The van der Waals surface area contributed by atoms with E-state index >= 15 is 0 Å². The molecule has 190 valence electrons. The Labute approximate surface area is 200 Å². The number of hydrogen-bond donors (Lipinski definition) is 5. The summed E-state index contributed by atoms with van der Waals surface area (Å²) in [6, 6.07) is 5.11. The molecule has 0 atom stereocenters. The molecule has 0 spiro atoms. The molecule has 17 nitrogen and oxygen atoms in total. The molecule has 0 saturated carbocycles.